The summed E-state index contributed by atoms with van der Waals surface area (Å²) < 4.78 is 0. The van der Waals surface area contributed by atoms with E-state index in [1.165, 1.54) is 12.2 Å². The zero-order valence-electron chi connectivity index (χ0n) is 9.84. The quantitative estimate of drug-likeness (QED) is 0.483. The van der Waals surface area contributed by atoms with Crippen LogP contribution in [-0.4, -0.2) is 5.78 Å². The Labute approximate surface area is 97.9 Å². The van der Waals surface area contributed by atoms with Crippen LogP contribution in [0.4, 0.5) is 0 Å². The van der Waals surface area contributed by atoms with Gasteiger partial charge in [0.05, 0.1) is 0 Å². The monoisotopic (exact) mass is 214 g/mol. The number of carbonyl (C=O) groups is 1. The van der Waals surface area contributed by atoms with Crippen molar-refractivity contribution in [3.8, 4) is 0 Å². The number of hydrogen-bond donors (Lipinski definition) is 0. The molecule has 0 aromatic heterocycles. The summed E-state index contributed by atoms with van der Waals surface area (Å²) in [5, 5.41) is 0. The van der Waals surface area contributed by atoms with Crippen molar-refractivity contribution in [2.45, 2.75) is 13.8 Å². The Morgan fingerprint density at radius 3 is 1.38 bits per heavy atom. The molecule has 0 aromatic rings. The molecule has 0 aromatic carbocycles. The van der Waals surface area contributed by atoms with Crippen molar-refractivity contribution in [3.05, 3.63) is 72.9 Å². The number of rotatable bonds is 6. The third kappa shape index (κ3) is 10.2. The van der Waals surface area contributed by atoms with Crippen LogP contribution in [-0.2, 0) is 4.79 Å². The SMILES string of the molecule is C/C=C/C=C/C=C/C(=O)/C=C/C=C/C=C/C. The molecule has 0 rings (SSSR count). The predicted octanol–water partition coefficient (Wildman–Crippen LogP) is 3.93. The molecule has 0 N–H and O–H groups in total. The van der Waals surface area contributed by atoms with Crippen LogP contribution in [0.5, 0.6) is 0 Å². The van der Waals surface area contributed by atoms with E-state index in [1.807, 2.05) is 62.5 Å². The van der Waals surface area contributed by atoms with Gasteiger partial charge in [0, 0.05) is 0 Å². The maximum absolute atomic E-state index is 11.2. The van der Waals surface area contributed by atoms with Gasteiger partial charge in [-0.05, 0) is 26.0 Å². The first-order chi connectivity index (χ1) is 7.81. The molecule has 0 atom stereocenters. The van der Waals surface area contributed by atoms with Crippen LogP contribution in [0.2, 0.25) is 0 Å². The maximum Gasteiger partial charge on any atom is 0.178 e. The molecule has 16 heavy (non-hydrogen) atoms. The van der Waals surface area contributed by atoms with Crippen LogP contribution < -0.4 is 0 Å². The van der Waals surface area contributed by atoms with Crippen molar-refractivity contribution in [2.24, 2.45) is 0 Å². The van der Waals surface area contributed by atoms with Crippen molar-refractivity contribution in [1.29, 1.82) is 0 Å². The fourth-order valence-electron chi connectivity index (χ4n) is 0.835. The molecule has 1 heteroatoms. The van der Waals surface area contributed by atoms with Crippen LogP contribution in [0.3, 0.4) is 0 Å². The summed E-state index contributed by atoms with van der Waals surface area (Å²) in [4.78, 5) is 11.2. The Hall–Kier alpha value is -1.89. The van der Waals surface area contributed by atoms with E-state index in [2.05, 4.69) is 0 Å². The van der Waals surface area contributed by atoms with Gasteiger partial charge in [-0.3, -0.25) is 4.79 Å². The van der Waals surface area contributed by atoms with Crippen molar-refractivity contribution < 1.29 is 4.79 Å². The van der Waals surface area contributed by atoms with E-state index in [4.69, 9.17) is 0 Å². The highest BCUT2D eigenvalue weighted by Crippen LogP contribution is 1.86. The Morgan fingerprint density at radius 2 is 1.00 bits per heavy atom. The lowest BCUT2D eigenvalue weighted by Gasteiger charge is -1.79. The zero-order chi connectivity index (χ0) is 12.1. The van der Waals surface area contributed by atoms with Gasteiger partial charge in [-0.25, -0.2) is 0 Å². The summed E-state index contributed by atoms with van der Waals surface area (Å²) in [5.41, 5.74) is 0. The largest absolute Gasteiger partial charge is 0.290 e. The zero-order valence-corrected chi connectivity index (χ0v) is 9.84. The summed E-state index contributed by atoms with van der Waals surface area (Å²) in [6.07, 6.45) is 21.6. The molecule has 0 bridgehead atoms. The van der Waals surface area contributed by atoms with Gasteiger partial charge in [-0.1, -0.05) is 60.8 Å². The van der Waals surface area contributed by atoms with E-state index in [1.54, 1.807) is 12.2 Å². The molecule has 0 heterocycles. The molecule has 0 saturated heterocycles. The minimum atomic E-state index is -0.0183. The third-order valence-corrected chi connectivity index (χ3v) is 1.57. The molecule has 0 unspecified atom stereocenters. The summed E-state index contributed by atoms with van der Waals surface area (Å²) in [5.74, 6) is -0.0183. The molecule has 0 amide bonds. The molecule has 0 aliphatic rings. The fraction of sp³-hybridized carbons (Fsp3) is 0.133. The average molecular weight is 214 g/mol. The van der Waals surface area contributed by atoms with Gasteiger partial charge >= 0.3 is 0 Å². The molecule has 0 aliphatic carbocycles. The molecule has 1 nitrogen and oxygen atoms in total. The van der Waals surface area contributed by atoms with Crippen molar-refractivity contribution >= 4 is 5.78 Å². The first kappa shape index (κ1) is 14.1. The smallest absolute Gasteiger partial charge is 0.178 e. The highest BCUT2D eigenvalue weighted by Gasteiger charge is 1.83. The topological polar surface area (TPSA) is 17.1 Å². The normalized spacial score (nSPS) is 13.6. The first-order valence-corrected chi connectivity index (χ1v) is 5.27. The van der Waals surface area contributed by atoms with Crippen LogP contribution in [0, 0.1) is 0 Å². The molecule has 0 spiro atoms. The van der Waals surface area contributed by atoms with Gasteiger partial charge in [-0.15, -0.1) is 0 Å². The maximum atomic E-state index is 11.2. The average Bonchev–Trinajstić information content (AvgIpc) is 2.28. The number of ketones is 1. The Balaban J connectivity index is 3.98. The Morgan fingerprint density at radius 1 is 0.625 bits per heavy atom. The molecular formula is C15H18O. The molecule has 0 saturated carbocycles. The van der Waals surface area contributed by atoms with Crippen molar-refractivity contribution in [1.82, 2.24) is 0 Å². The Kier molecular flexibility index (Phi) is 9.86. The van der Waals surface area contributed by atoms with E-state index in [0.29, 0.717) is 0 Å². The van der Waals surface area contributed by atoms with Crippen LogP contribution in [0.25, 0.3) is 0 Å². The summed E-state index contributed by atoms with van der Waals surface area (Å²) in [6.45, 7) is 3.89. The number of carbonyl (C=O) groups excluding carboxylic acids is 1. The van der Waals surface area contributed by atoms with Gasteiger partial charge in [0.1, 0.15) is 0 Å². The lowest BCUT2D eigenvalue weighted by atomic mass is 10.3. The fourth-order valence-corrected chi connectivity index (χ4v) is 0.835. The second kappa shape index (κ2) is 11.2. The minimum Gasteiger partial charge on any atom is -0.290 e. The standard InChI is InChI=1S/C15H18O/c1-3-5-7-9-11-13-15(16)14-12-10-8-6-4-2/h3-14H,1-2H3/b5-3+,6-4+,9-7+,10-8+,13-11+,14-12+. The number of allylic oxidation sites excluding steroid dienone is 12. The Bertz CT molecular complexity index is 316. The molecule has 84 valence electrons. The van der Waals surface area contributed by atoms with Crippen molar-refractivity contribution in [2.75, 3.05) is 0 Å². The van der Waals surface area contributed by atoms with Crippen LogP contribution >= 0.6 is 0 Å². The van der Waals surface area contributed by atoms with E-state index >= 15 is 0 Å². The highest BCUT2D eigenvalue weighted by molar-refractivity contribution is 5.99. The molecule has 0 radical (unpaired) electrons. The molecule has 0 fully saturated rings. The second-order valence-corrected chi connectivity index (χ2v) is 2.94. The van der Waals surface area contributed by atoms with Crippen LogP contribution in [0.15, 0.2) is 72.9 Å². The highest BCUT2D eigenvalue weighted by atomic mass is 16.1. The van der Waals surface area contributed by atoms with Crippen LogP contribution in [0.1, 0.15) is 13.8 Å². The third-order valence-electron chi connectivity index (χ3n) is 1.57. The summed E-state index contributed by atoms with van der Waals surface area (Å²) in [7, 11) is 0. The van der Waals surface area contributed by atoms with E-state index in [-0.39, 0.29) is 5.78 Å². The van der Waals surface area contributed by atoms with Gasteiger partial charge in [0.15, 0.2) is 5.78 Å². The second-order valence-electron chi connectivity index (χ2n) is 2.94. The molecule has 0 aliphatic heterocycles. The minimum absolute atomic E-state index is 0.0183. The van der Waals surface area contributed by atoms with E-state index in [9.17, 15) is 4.79 Å². The van der Waals surface area contributed by atoms with Gasteiger partial charge in [-0.2, -0.15) is 0 Å². The van der Waals surface area contributed by atoms with Gasteiger partial charge < -0.3 is 0 Å². The molecular weight excluding hydrogens is 196 g/mol. The number of hydrogen-bond acceptors (Lipinski definition) is 1. The van der Waals surface area contributed by atoms with Crippen molar-refractivity contribution in [3.63, 3.8) is 0 Å². The van der Waals surface area contributed by atoms with Gasteiger partial charge in [0.2, 0.25) is 0 Å². The van der Waals surface area contributed by atoms with Gasteiger partial charge in [0.25, 0.3) is 0 Å². The lowest BCUT2D eigenvalue weighted by molar-refractivity contribution is -0.110. The summed E-state index contributed by atoms with van der Waals surface area (Å²) >= 11 is 0. The predicted molar refractivity (Wildman–Crippen MR) is 71.2 cm³/mol. The summed E-state index contributed by atoms with van der Waals surface area (Å²) in [6, 6.07) is 0. The first-order valence-electron chi connectivity index (χ1n) is 5.27. The van der Waals surface area contributed by atoms with E-state index < -0.39 is 0 Å². The van der Waals surface area contributed by atoms with E-state index in [0.717, 1.165) is 0 Å². The lowest BCUT2D eigenvalue weighted by Crippen LogP contribution is -1.82.